The number of hydrogen-bond donors (Lipinski definition) is 2. The van der Waals surface area contributed by atoms with E-state index in [1.807, 2.05) is 0 Å². The van der Waals surface area contributed by atoms with Crippen molar-refractivity contribution < 1.29 is 14.3 Å². The molecule has 1 aromatic heterocycles. The molecular formula is C19H21N3O3S. The van der Waals surface area contributed by atoms with Gasteiger partial charge in [0, 0.05) is 22.7 Å². The van der Waals surface area contributed by atoms with E-state index in [4.69, 9.17) is 4.74 Å². The zero-order chi connectivity index (χ0) is 17.9. The lowest BCUT2D eigenvalue weighted by Crippen LogP contribution is -2.27. The van der Waals surface area contributed by atoms with Gasteiger partial charge in [0.05, 0.1) is 5.69 Å². The number of aryl methyl sites for hydroxylation is 2. The number of nitrogens with zero attached hydrogens (tertiary/aromatic N) is 1. The van der Waals surface area contributed by atoms with Gasteiger partial charge in [-0.15, -0.1) is 11.3 Å². The Morgan fingerprint density at radius 3 is 2.85 bits per heavy atom. The minimum atomic E-state index is -0.394. The summed E-state index contributed by atoms with van der Waals surface area (Å²) in [5.41, 5.74) is 2.20. The highest BCUT2D eigenvalue weighted by Gasteiger charge is 2.23. The van der Waals surface area contributed by atoms with E-state index in [1.165, 1.54) is 11.3 Å². The van der Waals surface area contributed by atoms with E-state index in [0.717, 1.165) is 37.8 Å². The molecule has 2 N–H and O–H groups in total. The molecule has 0 spiro atoms. The van der Waals surface area contributed by atoms with E-state index in [9.17, 15) is 9.59 Å². The number of benzene rings is 1. The van der Waals surface area contributed by atoms with Crippen LogP contribution >= 0.6 is 11.3 Å². The monoisotopic (exact) mass is 371 g/mol. The van der Waals surface area contributed by atoms with Crippen LogP contribution in [0.4, 0.5) is 10.8 Å². The quantitative estimate of drug-likeness (QED) is 0.863. The fourth-order valence-corrected chi connectivity index (χ4v) is 4.37. The van der Waals surface area contributed by atoms with E-state index in [2.05, 4.69) is 15.6 Å². The fourth-order valence-electron chi connectivity index (χ4n) is 3.32. The highest BCUT2D eigenvalue weighted by atomic mass is 32.1. The Labute approximate surface area is 156 Å². The molecule has 26 heavy (non-hydrogen) atoms. The summed E-state index contributed by atoms with van der Waals surface area (Å²) < 4.78 is 5.39. The molecule has 1 saturated heterocycles. The van der Waals surface area contributed by atoms with Crippen molar-refractivity contribution in [2.45, 2.75) is 44.6 Å². The predicted octanol–water partition coefficient (Wildman–Crippen LogP) is 3.39. The first kappa shape index (κ1) is 17.2. The molecule has 6 nitrogen and oxygen atoms in total. The smallest absolute Gasteiger partial charge is 0.257 e. The lowest BCUT2D eigenvalue weighted by Gasteiger charge is -2.11. The number of aromatic nitrogens is 1. The lowest BCUT2D eigenvalue weighted by atomic mass is 10.0. The van der Waals surface area contributed by atoms with Gasteiger partial charge in [-0.05, 0) is 56.7 Å². The standard InChI is InChI=1S/C19H21N3O3S/c23-17(22-19-21-14-7-1-2-9-16(14)26-19)12-5-3-6-13(11-12)20-18(24)15-8-4-10-25-15/h3,5-6,11,15H,1-2,4,7-10H2,(H,20,24)(H,21,22,23)/t15-/m1/s1. The summed E-state index contributed by atoms with van der Waals surface area (Å²) in [4.78, 5) is 30.5. The van der Waals surface area contributed by atoms with E-state index >= 15 is 0 Å². The summed E-state index contributed by atoms with van der Waals surface area (Å²) in [7, 11) is 0. The molecule has 1 aliphatic heterocycles. The highest BCUT2D eigenvalue weighted by molar-refractivity contribution is 7.15. The zero-order valence-electron chi connectivity index (χ0n) is 14.4. The van der Waals surface area contributed by atoms with Crippen molar-refractivity contribution in [2.24, 2.45) is 0 Å². The Balaban J connectivity index is 1.42. The SMILES string of the molecule is O=C(Nc1nc2c(s1)CCCC2)c1cccc(NC(=O)[C@H]2CCCO2)c1. The number of carbonyl (C=O) groups excluding carboxylic acids is 2. The first-order valence-electron chi connectivity index (χ1n) is 9.01. The van der Waals surface area contributed by atoms with Crippen LogP contribution in [0.1, 0.15) is 46.6 Å². The van der Waals surface area contributed by atoms with Crippen molar-refractivity contribution >= 4 is 34.0 Å². The fraction of sp³-hybridized carbons (Fsp3) is 0.421. The Kier molecular flexibility index (Phi) is 4.99. The highest BCUT2D eigenvalue weighted by Crippen LogP contribution is 2.29. The Morgan fingerprint density at radius 1 is 1.15 bits per heavy atom. The molecule has 2 aromatic rings. The molecule has 0 radical (unpaired) electrons. The lowest BCUT2D eigenvalue weighted by molar-refractivity contribution is -0.124. The van der Waals surface area contributed by atoms with Gasteiger partial charge in [0.25, 0.3) is 11.8 Å². The summed E-state index contributed by atoms with van der Waals surface area (Å²) in [5, 5.41) is 6.36. The molecule has 7 heteroatoms. The van der Waals surface area contributed by atoms with Gasteiger partial charge in [0.1, 0.15) is 6.10 Å². The van der Waals surface area contributed by atoms with E-state index in [-0.39, 0.29) is 11.8 Å². The molecule has 1 aromatic carbocycles. The summed E-state index contributed by atoms with van der Waals surface area (Å²) in [6.45, 7) is 0.623. The van der Waals surface area contributed by atoms with E-state index in [1.54, 1.807) is 35.6 Å². The molecule has 1 fully saturated rings. The average Bonchev–Trinajstić information content (AvgIpc) is 3.31. The molecule has 1 aliphatic carbocycles. The molecule has 0 unspecified atom stereocenters. The molecule has 4 rings (SSSR count). The Morgan fingerprint density at radius 2 is 2.04 bits per heavy atom. The van der Waals surface area contributed by atoms with Gasteiger partial charge in [-0.2, -0.15) is 0 Å². The molecule has 2 heterocycles. The van der Waals surface area contributed by atoms with Crippen LogP contribution in [0.15, 0.2) is 24.3 Å². The van der Waals surface area contributed by atoms with Crippen molar-refractivity contribution in [3.05, 3.63) is 40.4 Å². The third kappa shape index (κ3) is 3.78. The normalized spacial score (nSPS) is 19.0. The van der Waals surface area contributed by atoms with Crippen molar-refractivity contribution in [3.63, 3.8) is 0 Å². The van der Waals surface area contributed by atoms with Crippen molar-refractivity contribution in [3.8, 4) is 0 Å². The second-order valence-electron chi connectivity index (χ2n) is 6.62. The van der Waals surface area contributed by atoms with Crippen LogP contribution in [0.5, 0.6) is 0 Å². The van der Waals surface area contributed by atoms with Crippen LogP contribution in [-0.4, -0.2) is 29.5 Å². The Bertz CT molecular complexity index is 804. The zero-order valence-corrected chi connectivity index (χ0v) is 15.2. The molecule has 0 bridgehead atoms. The second kappa shape index (κ2) is 7.55. The number of ether oxygens (including phenoxy) is 1. The predicted molar refractivity (Wildman–Crippen MR) is 101 cm³/mol. The first-order valence-corrected chi connectivity index (χ1v) is 9.83. The van der Waals surface area contributed by atoms with E-state index < -0.39 is 6.10 Å². The van der Waals surface area contributed by atoms with Crippen LogP contribution in [0.25, 0.3) is 0 Å². The van der Waals surface area contributed by atoms with Gasteiger partial charge in [0.15, 0.2) is 5.13 Å². The minimum Gasteiger partial charge on any atom is -0.368 e. The maximum absolute atomic E-state index is 12.5. The third-order valence-electron chi connectivity index (χ3n) is 4.68. The van der Waals surface area contributed by atoms with Crippen LogP contribution < -0.4 is 10.6 Å². The van der Waals surface area contributed by atoms with Gasteiger partial charge in [0.2, 0.25) is 0 Å². The molecule has 2 amide bonds. The number of thiazole rings is 1. The summed E-state index contributed by atoms with van der Waals surface area (Å²) in [6, 6.07) is 6.93. The van der Waals surface area contributed by atoms with Crippen LogP contribution in [-0.2, 0) is 22.4 Å². The number of rotatable bonds is 4. The number of carbonyl (C=O) groups is 2. The summed E-state index contributed by atoms with van der Waals surface area (Å²) in [6.07, 6.45) is 5.64. The van der Waals surface area contributed by atoms with Crippen LogP contribution in [0.3, 0.4) is 0 Å². The maximum Gasteiger partial charge on any atom is 0.257 e. The first-order chi connectivity index (χ1) is 12.7. The average molecular weight is 371 g/mol. The van der Waals surface area contributed by atoms with Crippen molar-refractivity contribution in [1.29, 1.82) is 0 Å². The molecule has 2 aliphatic rings. The summed E-state index contributed by atoms with van der Waals surface area (Å²) in [5.74, 6) is -0.378. The van der Waals surface area contributed by atoms with Crippen molar-refractivity contribution in [2.75, 3.05) is 17.2 Å². The van der Waals surface area contributed by atoms with Gasteiger partial charge >= 0.3 is 0 Å². The second-order valence-corrected chi connectivity index (χ2v) is 7.71. The van der Waals surface area contributed by atoms with Crippen LogP contribution in [0.2, 0.25) is 0 Å². The molecular weight excluding hydrogens is 350 g/mol. The van der Waals surface area contributed by atoms with Crippen molar-refractivity contribution in [1.82, 2.24) is 4.98 Å². The topological polar surface area (TPSA) is 80.3 Å². The van der Waals surface area contributed by atoms with Gasteiger partial charge in [-0.3, -0.25) is 14.9 Å². The minimum absolute atomic E-state index is 0.160. The van der Waals surface area contributed by atoms with Gasteiger partial charge in [-0.25, -0.2) is 4.98 Å². The molecule has 0 saturated carbocycles. The number of amides is 2. The third-order valence-corrected chi connectivity index (χ3v) is 5.75. The maximum atomic E-state index is 12.5. The number of fused-ring (bicyclic) bond motifs is 1. The summed E-state index contributed by atoms with van der Waals surface area (Å²) >= 11 is 1.56. The molecule has 136 valence electrons. The van der Waals surface area contributed by atoms with E-state index in [0.29, 0.717) is 23.0 Å². The number of anilines is 2. The van der Waals surface area contributed by atoms with Gasteiger partial charge in [-0.1, -0.05) is 6.07 Å². The van der Waals surface area contributed by atoms with Crippen LogP contribution in [0, 0.1) is 0 Å². The number of nitrogens with one attached hydrogen (secondary N) is 2. The molecule has 1 atom stereocenters. The Hall–Kier alpha value is -2.25. The largest absolute Gasteiger partial charge is 0.368 e. The van der Waals surface area contributed by atoms with Gasteiger partial charge < -0.3 is 10.1 Å². The number of hydrogen-bond acceptors (Lipinski definition) is 5.